The molecule has 0 fully saturated rings. The highest BCUT2D eigenvalue weighted by Gasteiger charge is 2.42. The lowest BCUT2D eigenvalue weighted by molar-refractivity contribution is 0.426. The van der Waals surface area contributed by atoms with Crippen LogP contribution in [0, 0.1) is 0 Å². The van der Waals surface area contributed by atoms with Gasteiger partial charge in [-0.25, -0.2) is 16.8 Å². The Balaban J connectivity index is 1.49. The molecule has 0 amide bonds. The van der Waals surface area contributed by atoms with E-state index >= 15 is 0 Å². The molecule has 2 aliphatic heterocycles. The van der Waals surface area contributed by atoms with Crippen molar-refractivity contribution in [3.63, 3.8) is 0 Å². The Morgan fingerprint density at radius 1 is 0.949 bits per heavy atom. The maximum atomic E-state index is 13.9. The normalized spacial score (nSPS) is 18.5. The van der Waals surface area contributed by atoms with Gasteiger partial charge in [0.15, 0.2) is 9.84 Å². The minimum Gasteiger partial charge on any atom is -0.384 e. The van der Waals surface area contributed by atoms with E-state index in [0.29, 0.717) is 46.5 Å². The van der Waals surface area contributed by atoms with Crippen molar-refractivity contribution >= 4 is 31.1 Å². The minimum absolute atomic E-state index is 0.160. The van der Waals surface area contributed by atoms with Gasteiger partial charge in [0.25, 0.3) is 15.6 Å². The quantitative estimate of drug-likeness (QED) is 0.513. The Hall–Kier alpha value is -3.89. The summed E-state index contributed by atoms with van der Waals surface area (Å²) in [5.41, 5.74) is 4.83. The summed E-state index contributed by atoms with van der Waals surface area (Å²) in [6, 6.07) is 17.7. The van der Waals surface area contributed by atoms with Crippen LogP contribution in [0.15, 0.2) is 100.0 Å². The molecule has 1 aliphatic carbocycles. The molecular weight excluding hydrogens is 534 g/mol. The van der Waals surface area contributed by atoms with Crippen LogP contribution in [0.2, 0.25) is 0 Å². The van der Waals surface area contributed by atoms with Crippen molar-refractivity contribution in [1.82, 2.24) is 14.2 Å². The third kappa shape index (κ3) is 4.33. The average molecular weight is 562 g/mol. The largest absolute Gasteiger partial charge is 0.384 e. The van der Waals surface area contributed by atoms with Crippen molar-refractivity contribution in [2.75, 3.05) is 18.6 Å². The molecule has 1 aromatic heterocycles. The molecule has 200 valence electrons. The fraction of sp³-hybridized carbons (Fsp3) is 0.207. The van der Waals surface area contributed by atoms with Crippen molar-refractivity contribution in [2.45, 2.75) is 17.4 Å². The molecule has 0 saturated heterocycles. The highest BCUT2D eigenvalue weighted by molar-refractivity contribution is 7.91. The van der Waals surface area contributed by atoms with Gasteiger partial charge in [0.2, 0.25) is 0 Å². The monoisotopic (exact) mass is 561 g/mol. The van der Waals surface area contributed by atoms with E-state index in [4.69, 9.17) is 0 Å². The zero-order chi connectivity index (χ0) is 27.5. The summed E-state index contributed by atoms with van der Waals surface area (Å²) in [6.07, 6.45) is 6.56. The molecule has 0 spiro atoms. The van der Waals surface area contributed by atoms with Gasteiger partial charge in [-0.3, -0.25) is 9.10 Å². The Morgan fingerprint density at radius 2 is 1.64 bits per heavy atom. The maximum absolute atomic E-state index is 13.9. The SMILES string of the molecule is Cn1ccc2c(c1=O)C1=C3C(=CN(S(=O)(=O)c4ccc(-c5ccccc5)cc4)C3CCN1)C=C2CS(C)(=O)=O. The number of pyridine rings is 1. The average Bonchev–Trinajstić information content (AvgIpc) is 3.23. The summed E-state index contributed by atoms with van der Waals surface area (Å²) in [6.45, 7) is 0.461. The first-order valence-corrected chi connectivity index (χ1v) is 16.0. The van der Waals surface area contributed by atoms with Crippen LogP contribution < -0.4 is 10.9 Å². The van der Waals surface area contributed by atoms with Crippen molar-refractivity contribution in [1.29, 1.82) is 0 Å². The standard InChI is InChI=1S/C29H27N3O5S2/c1-31-15-13-24-22(18-38(2,34)35)16-21-17-32(25-12-14-30-28(26(21)25)27(24)29(31)33)39(36,37)23-10-8-20(9-11-23)19-6-4-3-5-7-19/h3-11,13,15-17,25,30H,12,14,18H2,1-2H3. The van der Waals surface area contributed by atoms with Gasteiger partial charge in [0.05, 0.1) is 28.0 Å². The molecule has 1 N–H and O–H groups in total. The van der Waals surface area contributed by atoms with Gasteiger partial charge < -0.3 is 9.88 Å². The summed E-state index contributed by atoms with van der Waals surface area (Å²) in [5, 5.41) is 3.33. The van der Waals surface area contributed by atoms with Crippen LogP contribution in [-0.4, -0.2) is 50.3 Å². The fourth-order valence-electron chi connectivity index (χ4n) is 5.58. The second kappa shape index (κ2) is 9.10. The third-order valence-electron chi connectivity index (χ3n) is 7.36. The number of fused-ring (bicyclic) bond motifs is 2. The van der Waals surface area contributed by atoms with Crippen LogP contribution >= 0.6 is 0 Å². The van der Waals surface area contributed by atoms with Crippen molar-refractivity contribution < 1.29 is 16.8 Å². The molecule has 0 bridgehead atoms. The molecule has 0 saturated carbocycles. The molecule has 1 atom stereocenters. The predicted octanol–water partition coefficient (Wildman–Crippen LogP) is 3.16. The molecule has 10 heteroatoms. The molecule has 3 aromatic rings. The highest BCUT2D eigenvalue weighted by atomic mass is 32.2. The van der Waals surface area contributed by atoms with Gasteiger partial charge >= 0.3 is 0 Å². The van der Waals surface area contributed by atoms with Crippen LogP contribution in [0.5, 0.6) is 0 Å². The molecule has 6 rings (SSSR count). The number of sulfone groups is 1. The van der Waals surface area contributed by atoms with Gasteiger partial charge in [0, 0.05) is 37.8 Å². The van der Waals surface area contributed by atoms with E-state index in [1.165, 1.54) is 8.87 Å². The number of hydrogen-bond acceptors (Lipinski definition) is 6. The second-order valence-corrected chi connectivity index (χ2v) is 14.1. The first kappa shape index (κ1) is 25.4. The van der Waals surface area contributed by atoms with E-state index in [1.807, 2.05) is 30.3 Å². The van der Waals surface area contributed by atoms with E-state index in [2.05, 4.69) is 5.32 Å². The molecule has 3 aliphatic rings. The highest BCUT2D eigenvalue weighted by Crippen LogP contribution is 2.44. The smallest absolute Gasteiger partial charge is 0.264 e. The Kier molecular flexibility index (Phi) is 5.92. The Morgan fingerprint density at radius 3 is 2.33 bits per heavy atom. The first-order valence-electron chi connectivity index (χ1n) is 12.5. The summed E-state index contributed by atoms with van der Waals surface area (Å²) in [5.74, 6) is -0.274. The Labute approximate surface area is 227 Å². The molecule has 8 nitrogen and oxygen atoms in total. The van der Waals surface area contributed by atoms with Gasteiger partial charge in [-0.1, -0.05) is 42.5 Å². The van der Waals surface area contributed by atoms with Gasteiger partial charge in [-0.05, 0) is 58.5 Å². The lowest BCUT2D eigenvalue weighted by Crippen LogP contribution is -2.41. The first-order chi connectivity index (χ1) is 18.5. The van der Waals surface area contributed by atoms with Crippen molar-refractivity contribution in [3.8, 4) is 11.1 Å². The second-order valence-electron chi connectivity index (χ2n) is 10.1. The van der Waals surface area contributed by atoms with Gasteiger partial charge in [-0.15, -0.1) is 0 Å². The maximum Gasteiger partial charge on any atom is 0.264 e. The molecule has 2 aromatic carbocycles. The third-order valence-corrected chi connectivity index (χ3v) is 9.97. The lowest BCUT2D eigenvalue weighted by atomic mass is 9.92. The van der Waals surface area contributed by atoms with Crippen LogP contribution in [0.3, 0.4) is 0 Å². The summed E-state index contributed by atoms with van der Waals surface area (Å²) in [7, 11) is -5.75. The van der Waals surface area contributed by atoms with Gasteiger partial charge in [0.1, 0.15) is 0 Å². The fourth-order valence-corrected chi connectivity index (χ4v) is 7.91. The summed E-state index contributed by atoms with van der Waals surface area (Å²) >= 11 is 0. The molecule has 3 heterocycles. The van der Waals surface area contributed by atoms with Crippen LogP contribution in [0.4, 0.5) is 0 Å². The predicted molar refractivity (Wildman–Crippen MR) is 152 cm³/mol. The molecule has 0 radical (unpaired) electrons. The number of nitrogens with one attached hydrogen (secondary N) is 1. The van der Waals surface area contributed by atoms with Crippen LogP contribution in [0.1, 0.15) is 17.5 Å². The number of aryl methyl sites for hydroxylation is 1. The van der Waals surface area contributed by atoms with E-state index < -0.39 is 25.9 Å². The topological polar surface area (TPSA) is 106 Å². The number of aromatic nitrogens is 1. The van der Waals surface area contributed by atoms with Gasteiger partial charge in [-0.2, -0.15) is 0 Å². The minimum atomic E-state index is -3.94. The molecular formula is C29H27N3O5S2. The summed E-state index contributed by atoms with van der Waals surface area (Å²) in [4.78, 5) is 13.5. The molecule has 1 unspecified atom stereocenters. The summed E-state index contributed by atoms with van der Waals surface area (Å²) < 4.78 is 55.4. The zero-order valence-corrected chi connectivity index (χ0v) is 23.1. The van der Waals surface area contributed by atoms with E-state index in [9.17, 15) is 21.6 Å². The van der Waals surface area contributed by atoms with Crippen LogP contribution in [-0.2, 0) is 26.9 Å². The van der Waals surface area contributed by atoms with Crippen molar-refractivity contribution in [3.05, 3.63) is 112 Å². The number of sulfonamides is 1. The van der Waals surface area contributed by atoms with Crippen molar-refractivity contribution in [2.24, 2.45) is 7.05 Å². The van der Waals surface area contributed by atoms with E-state index in [1.54, 1.807) is 55.9 Å². The number of hydrogen-bond donors (Lipinski definition) is 1. The number of rotatable bonds is 5. The van der Waals surface area contributed by atoms with E-state index in [-0.39, 0.29) is 16.2 Å². The lowest BCUT2D eigenvalue weighted by Gasteiger charge is -2.31. The number of nitrogens with zero attached hydrogens (tertiary/aromatic N) is 2. The molecule has 39 heavy (non-hydrogen) atoms. The van der Waals surface area contributed by atoms with Crippen LogP contribution in [0.25, 0.3) is 22.4 Å². The Bertz CT molecular complexity index is 1870. The number of benzene rings is 2. The zero-order valence-electron chi connectivity index (χ0n) is 21.5. The number of allylic oxidation sites excluding steroid dienone is 1. The van der Waals surface area contributed by atoms with E-state index in [0.717, 1.165) is 17.4 Å².